The van der Waals surface area contributed by atoms with Crippen LogP contribution in [0, 0.1) is 16.0 Å². The number of nitrogens with one attached hydrogen (secondary N) is 1. The lowest BCUT2D eigenvalue weighted by Crippen LogP contribution is -2.51. The van der Waals surface area contributed by atoms with Gasteiger partial charge >= 0.3 is 0 Å². The first-order valence-electron chi connectivity index (χ1n) is 9.89. The fourth-order valence-corrected chi connectivity index (χ4v) is 5.84. The van der Waals surface area contributed by atoms with Crippen LogP contribution in [0.3, 0.4) is 0 Å². The number of non-ortho nitro benzene ring substituents is 1. The molecule has 2 aromatic carbocycles. The molecule has 0 bridgehead atoms. The minimum atomic E-state index is -1.17. The molecule has 0 saturated carbocycles. The van der Waals surface area contributed by atoms with E-state index >= 15 is 0 Å². The van der Waals surface area contributed by atoms with E-state index in [1.54, 1.807) is 18.2 Å². The third-order valence-electron chi connectivity index (χ3n) is 6.41. The minimum absolute atomic E-state index is 0.0281. The third kappa shape index (κ3) is 2.75. The summed E-state index contributed by atoms with van der Waals surface area (Å²) in [5.41, 5.74) is 0.950. The fraction of sp³-hybridized carbons (Fsp3) is 0.217. The predicted molar refractivity (Wildman–Crippen MR) is 117 cm³/mol. The summed E-state index contributed by atoms with van der Waals surface area (Å²) >= 11 is 1.34. The Morgan fingerprint density at radius 3 is 2.74 bits per heavy atom. The van der Waals surface area contributed by atoms with E-state index < -0.39 is 16.4 Å². The molecule has 3 atom stereocenters. The van der Waals surface area contributed by atoms with Crippen LogP contribution in [0.15, 0.2) is 66.0 Å². The van der Waals surface area contributed by atoms with Gasteiger partial charge in [-0.05, 0) is 30.1 Å². The topological polar surface area (TPSA) is 92.5 Å². The molecule has 1 N–H and O–H groups in total. The standard InChI is InChI=1S/C23H19N3O4S/c1-25-13-16(14-6-4-7-15(12-14)26(29)30)20(21(27)19-10-5-11-31-19)23(25)17-8-2-3-9-18(17)24-22(23)28/h2-12,16,20H,13H2,1H3,(H,24,28)/t16-,20-,23-/m1/s1. The van der Waals surface area contributed by atoms with Gasteiger partial charge in [0.2, 0.25) is 5.91 Å². The monoisotopic (exact) mass is 433 g/mol. The Kier molecular flexibility index (Phi) is 4.49. The average Bonchev–Trinajstić information content (AvgIpc) is 3.47. The number of rotatable bonds is 4. The maximum atomic E-state index is 13.8. The number of amides is 1. The van der Waals surface area contributed by atoms with E-state index in [1.807, 2.05) is 47.7 Å². The zero-order valence-electron chi connectivity index (χ0n) is 16.6. The maximum absolute atomic E-state index is 13.8. The molecule has 2 aliphatic heterocycles. The van der Waals surface area contributed by atoms with E-state index in [0.717, 1.165) is 5.56 Å². The highest BCUT2D eigenvalue weighted by Crippen LogP contribution is 2.55. The lowest BCUT2D eigenvalue weighted by Gasteiger charge is -2.35. The second kappa shape index (κ2) is 7.11. The number of nitro groups is 1. The maximum Gasteiger partial charge on any atom is 0.269 e. The molecule has 3 aromatic rings. The number of hydrogen-bond acceptors (Lipinski definition) is 6. The second-order valence-corrected chi connectivity index (χ2v) is 8.87. The normalized spacial score (nSPS) is 24.9. The van der Waals surface area contributed by atoms with Gasteiger partial charge in [0.1, 0.15) is 5.54 Å². The molecule has 8 heteroatoms. The Bertz CT molecular complexity index is 1210. The molecule has 2 aliphatic rings. The number of thiophene rings is 1. The van der Waals surface area contributed by atoms with Crippen LogP contribution >= 0.6 is 11.3 Å². The molecular formula is C23H19N3O4S. The van der Waals surface area contributed by atoms with Crippen LogP contribution in [0.5, 0.6) is 0 Å². The molecule has 156 valence electrons. The molecule has 0 radical (unpaired) electrons. The van der Waals surface area contributed by atoms with Crippen molar-refractivity contribution >= 4 is 34.4 Å². The van der Waals surface area contributed by atoms with Crippen molar-refractivity contribution in [1.29, 1.82) is 0 Å². The summed E-state index contributed by atoms with van der Waals surface area (Å²) in [6, 6.07) is 17.4. The molecule has 1 saturated heterocycles. The first-order chi connectivity index (χ1) is 14.9. The molecule has 1 spiro atoms. The highest BCUT2D eigenvalue weighted by molar-refractivity contribution is 7.12. The Labute approximate surface area is 182 Å². The van der Waals surface area contributed by atoms with Gasteiger partial charge < -0.3 is 5.32 Å². The molecule has 0 unspecified atom stereocenters. The number of likely N-dealkylation sites (tertiary alicyclic amines) is 1. The van der Waals surface area contributed by atoms with Crippen molar-refractivity contribution in [1.82, 2.24) is 4.90 Å². The first kappa shape index (κ1) is 19.6. The van der Waals surface area contributed by atoms with Gasteiger partial charge in [0, 0.05) is 35.8 Å². The molecule has 7 nitrogen and oxygen atoms in total. The number of para-hydroxylation sites is 1. The van der Waals surface area contributed by atoms with Crippen molar-refractivity contribution in [3.8, 4) is 0 Å². The first-order valence-corrected chi connectivity index (χ1v) is 10.8. The number of benzene rings is 2. The molecule has 0 aliphatic carbocycles. The van der Waals surface area contributed by atoms with Gasteiger partial charge in [-0.1, -0.05) is 36.4 Å². The quantitative estimate of drug-likeness (QED) is 0.381. The van der Waals surface area contributed by atoms with Crippen LogP contribution < -0.4 is 5.32 Å². The van der Waals surface area contributed by atoms with Gasteiger partial charge in [0.25, 0.3) is 5.69 Å². The van der Waals surface area contributed by atoms with Crippen molar-refractivity contribution < 1.29 is 14.5 Å². The van der Waals surface area contributed by atoms with Crippen molar-refractivity contribution in [3.05, 3.63) is 92.2 Å². The van der Waals surface area contributed by atoms with Crippen molar-refractivity contribution in [2.24, 2.45) is 5.92 Å². The van der Waals surface area contributed by atoms with E-state index in [9.17, 15) is 19.7 Å². The predicted octanol–water partition coefficient (Wildman–Crippen LogP) is 4.03. The Morgan fingerprint density at radius 2 is 2.00 bits per heavy atom. The highest BCUT2D eigenvalue weighted by Gasteiger charge is 2.64. The van der Waals surface area contributed by atoms with Crippen molar-refractivity contribution in [2.45, 2.75) is 11.5 Å². The SMILES string of the molecule is CN1C[C@H](c2cccc([N+](=O)[O-])c2)[C@H](C(=O)c2cccs2)[C@]12C(=O)Nc1ccccc12. The summed E-state index contributed by atoms with van der Waals surface area (Å²) in [5, 5.41) is 16.2. The summed E-state index contributed by atoms with van der Waals surface area (Å²) in [6.07, 6.45) is 0. The average molecular weight is 433 g/mol. The molecule has 31 heavy (non-hydrogen) atoms. The van der Waals surface area contributed by atoms with Gasteiger partial charge in [-0.15, -0.1) is 11.3 Å². The zero-order valence-corrected chi connectivity index (χ0v) is 17.5. The smallest absolute Gasteiger partial charge is 0.269 e. The summed E-state index contributed by atoms with van der Waals surface area (Å²) in [7, 11) is 1.84. The fourth-order valence-electron chi connectivity index (χ4n) is 5.14. The van der Waals surface area contributed by atoms with Gasteiger partial charge in [-0.2, -0.15) is 0 Å². The second-order valence-electron chi connectivity index (χ2n) is 7.92. The van der Waals surface area contributed by atoms with Crippen molar-refractivity contribution in [2.75, 3.05) is 18.9 Å². The van der Waals surface area contributed by atoms with Crippen LogP contribution in [0.1, 0.15) is 26.7 Å². The van der Waals surface area contributed by atoms with Crippen LogP contribution in [0.2, 0.25) is 0 Å². The van der Waals surface area contributed by atoms with Crippen LogP contribution in [0.25, 0.3) is 0 Å². The van der Waals surface area contributed by atoms with Gasteiger partial charge in [-0.25, -0.2) is 0 Å². The lowest BCUT2D eigenvalue weighted by molar-refractivity contribution is -0.384. The highest BCUT2D eigenvalue weighted by atomic mass is 32.1. The van der Waals surface area contributed by atoms with E-state index in [-0.39, 0.29) is 23.3 Å². The minimum Gasteiger partial charge on any atom is -0.324 e. The number of likely N-dealkylation sites (N-methyl/N-ethyl adjacent to an activating group) is 1. The Hall–Kier alpha value is -3.36. The molecule has 1 aromatic heterocycles. The number of nitro benzene ring substituents is 1. The Balaban J connectivity index is 1.72. The molecule has 3 heterocycles. The number of hydrogen-bond donors (Lipinski definition) is 1. The van der Waals surface area contributed by atoms with E-state index in [2.05, 4.69) is 5.32 Å². The zero-order chi connectivity index (χ0) is 21.8. The molecule has 1 amide bonds. The number of anilines is 1. The van der Waals surface area contributed by atoms with Gasteiger partial charge in [0.15, 0.2) is 5.78 Å². The van der Waals surface area contributed by atoms with E-state index in [1.165, 1.54) is 23.5 Å². The summed E-state index contributed by atoms with van der Waals surface area (Å²) in [6.45, 7) is 0.421. The largest absolute Gasteiger partial charge is 0.324 e. The summed E-state index contributed by atoms with van der Waals surface area (Å²) < 4.78 is 0. The number of ketones is 1. The molecule has 1 fully saturated rings. The lowest BCUT2D eigenvalue weighted by atomic mass is 9.71. The number of Topliss-reactive ketones (excluding diaryl/α,β-unsaturated/α-hetero) is 1. The number of carbonyl (C=O) groups excluding carboxylic acids is 2. The summed E-state index contributed by atoms with van der Waals surface area (Å²) in [5.74, 6) is -1.46. The Morgan fingerprint density at radius 1 is 1.19 bits per heavy atom. The van der Waals surface area contributed by atoms with E-state index in [4.69, 9.17) is 0 Å². The summed E-state index contributed by atoms with van der Waals surface area (Å²) in [4.78, 5) is 40.8. The van der Waals surface area contributed by atoms with Gasteiger partial charge in [-0.3, -0.25) is 24.6 Å². The molecule has 5 rings (SSSR count). The number of nitrogens with zero attached hydrogens (tertiary/aromatic N) is 2. The van der Waals surface area contributed by atoms with Gasteiger partial charge in [0.05, 0.1) is 15.7 Å². The number of carbonyl (C=O) groups is 2. The van der Waals surface area contributed by atoms with Crippen LogP contribution in [-0.4, -0.2) is 35.1 Å². The van der Waals surface area contributed by atoms with E-state index in [0.29, 0.717) is 22.7 Å². The third-order valence-corrected chi connectivity index (χ3v) is 7.30. The molecular weight excluding hydrogens is 414 g/mol. The van der Waals surface area contributed by atoms with Crippen LogP contribution in [0.4, 0.5) is 11.4 Å². The number of fused-ring (bicyclic) bond motifs is 2. The van der Waals surface area contributed by atoms with Crippen LogP contribution in [-0.2, 0) is 10.3 Å². The van der Waals surface area contributed by atoms with Crippen molar-refractivity contribution in [3.63, 3.8) is 0 Å².